The minimum atomic E-state index is 0.208. The molecule has 0 amide bonds. The van der Waals surface area contributed by atoms with Crippen molar-refractivity contribution in [1.29, 1.82) is 0 Å². The van der Waals surface area contributed by atoms with E-state index in [9.17, 15) is 4.79 Å². The van der Waals surface area contributed by atoms with Crippen molar-refractivity contribution >= 4 is 5.78 Å². The van der Waals surface area contributed by atoms with Crippen LogP contribution in [0.25, 0.3) is 0 Å². The molecule has 0 unspecified atom stereocenters. The number of ketones is 1. The van der Waals surface area contributed by atoms with E-state index in [1.807, 2.05) is 25.1 Å². The molecule has 0 aromatic heterocycles. The van der Waals surface area contributed by atoms with Crippen LogP contribution >= 0.6 is 0 Å². The van der Waals surface area contributed by atoms with E-state index in [1.54, 1.807) is 7.11 Å². The Balaban J connectivity index is 2.25. The number of carbonyl (C=O) groups is 1. The number of rotatable bonds is 3. The molecule has 0 bridgehead atoms. The van der Waals surface area contributed by atoms with Crippen LogP contribution in [-0.4, -0.2) is 12.9 Å². The van der Waals surface area contributed by atoms with E-state index < -0.39 is 0 Å². The molecule has 1 aromatic rings. The number of hydrogen-bond acceptors (Lipinski definition) is 2. The molecular weight excluding hydrogens is 212 g/mol. The zero-order chi connectivity index (χ0) is 12.3. The number of hydrogen-bond donors (Lipinski definition) is 0. The molecule has 0 saturated heterocycles. The summed E-state index contributed by atoms with van der Waals surface area (Å²) in [6.07, 6.45) is 5.72. The summed E-state index contributed by atoms with van der Waals surface area (Å²) in [7, 11) is 1.63. The van der Waals surface area contributed by atoms with Gasteiger partial charge in [0.2, 0.25) is 0 Å². The summed E-state index contributed by atoms with van der Waals surface area (Å²) in [6.45, 7) is 2.01. The molecule has 1 fully saturated rings. The second-order valence-electron chi connectivity index (χ2n) is 4.90. The molecule has 2 nitrogen and oxygen atoms in total. The molecule has 0 aliphatic heterocycles. The molecule has 1 aliphatic carbocycles. The quantitative estimate of drug-likeness (QED) is 0.741. The second-order valence-corrected chi connectivity index (χ2v) is 4.90. The van der Waals surface area contributed by atoms with Gasteiger partial charge in [0.15, 0.2) is 5.78 Å². The fourth-order valence-electron chi connectivity index (χ4n) is 2.60. The zero-order valence-electron chi connectivity index (χ0n) is 10.7. The number of benzene rings is 1. The maximum atomic E-state index is 12.5. The Kier molecular flexibility index (Phi) is 3.82. The molecule has 0 radical (unpaired) electrons. The van der Waals surface area contributed by atoms with Gasteiger partial charge >= 0.3 is 0 Å². The van der Waals surface area contributed by atoms with E-state index in [2.05, 4.69) is 0 Å². The van der Waals surface area contributed by atoms with Gasteiger partial charge in [-0.2, -0.15) is 0 Å². The SMILES string of the molecule is COc1ccc(C)cc1C(=O)C1CCCCC1. The lowest BCUT2D eigenvalue weighted by Gasteiger charge is -2.21. The van der Waals surface area contributed by atoms with E-state index >= 15 is 0 Å². The molecule has 17 heavy (non-hydrogen) atoms. The smallest absolute Gasteiger partial charge is 0.169 e. The zero-order valence-corrected chi connectivity index (χ0v) is 10.7. The highest BCUT2D eigenvalue weighted by Gasteiger charge is 2.24. The second kappa shape index (κ2) is 5.35. The number of Topliss-reactive ketones (excluding diaryl/α,β-unsaturated/α-hetero) is 1. The van der Waals surface area contributed by atoms with Gasteiger partial charge in [-0.05, 0) is 31.9 Å². The van der Waals surface area contributed by atoms with Crippen molar-refractivity contribution in [2.24, 2.45) is 5.92 Å². The van der Waals surface area contributed by atoms with Crippen LogP contribution < -0.4 is 4.74 Å². The van der Waals surface area contributed by atoms with Crippen LogP contribution in [0, 0.1) is 12.8 Å². The van der Waals surface area contributed by atoms with E-state index in [1.165, 1.54) is 19.3 Å². The van der Waals surface area contributed by atoms with Crippen LogP contribution in [-0.2, 0) is 0 Å². The van der Waals surface area contributed by atoms with Crippen LogP contribution in [0.5, 0.6) is 5.75 Å². The van der Waals surface area contributed by atoms with Gasteiger partial charge in [0.25, 0.3) is 0 Å². The summed E-state index contributed by atoms with van der Waals surface area (Å²) >= 11 is 0. The van der Waals surface area contributed by atoms with Gasteiger partial charge in [-0.15, -0.1) is 0 Å². The van der Waals surface area contributed by atoms with E-state index in [-0.39, 0.29) is 11.7 Å². The van der Waals surface area contributed by atoms with Crippen LogP contribution in [0.15, 0.2) is 18.2 Å². The maximum absolute atomic E-state index is 12.5. The molecule has 2 heteroatoms. The summed E-state index contributed by atoms with van der Waals surface area (Å²) in [5.41, 5.74) is 1.88. The van der Waals surface area contributed by atoms with Gasteiger partial charge in [-0.25, -0.2) is 0 Å². The van der Waals surface area contributed by atoms with Gasteiger partial charge in [-0.3, -0.25) is 4.79 Å². The average Bonchev–Trinajstić information content (AvgIpc) is 2.39. The summed E-state index contributed by atoms with van der Waals surface area (Å²) in [6, 6.07) is 5.83. The van der Waals surface area contributed by atoms with Crippen LogP contribution in [0.3, 0.4) is 0 Å². The lowest BCUT2D eigenvalue weighted by molar-refractivity contribution is 0.0886. The number of methoxy groups -OCH3 is 1. The Morgan fingerprint density at radius 3 is 2.59 bits per heavy atom. The van der Waals surface area contributed by atoms with Crippen molar-refractivity contribution in [2.45, 2.75) is 39.0 Å². The minimum absolute atomic E-state index is 0.208. The molecule has 2 rings (SSSR count). The third kappa shape index (κ3) is 2.68. The fraction of sp³-hybridized carbons (Fsp3) is 0.533. The molecule has 0 heterocycles. The molecule has 1 aliphatic rings. The fourth-order valence-corrected chi connectivity index (χ4v) is 2.60. The summed E-state index contributed by atoms with van der Waals surface area (Å²) in [5.74, 6) is 1.19. The Morgan fingerprint density at radius 1 is 1.24 bits per heavy atom. The summed E-state index contributed by atoms with van der Waals surface area (Å²) in [4.78, 5) is 12.5. The van der Waals surface area contributed by atoms with Crippen LogP contribution in [0.1, 0.15) is 48.0 Å². The standard InChI is InChI=1S/C15H20O2/c1-11-8-9-14(17-2)13(10-11)15(16)12-6-4-3-5-7-12/h8-10,12H,3-7H2,1-2H3. The molecule has 0 N–H and O–H groups in total. The Labute approximate surface area is 103 Å². The first-order chi connectivity index (χ1) is 8.22. The van der Waals surface area contributed by atoms with Crippen LogP contribution in [0.2, 0.25) is 0 Å². The third-order valence-electron chi connectivity index (χ3n) is 3.60. The summed E-state index contributed by atoms with van der Waals surface area (Å²) < 4.78 is 5.29. The van der Waals surface area contributed by atoms with E-state index in [4.69, 9.17) is 4.74 Å². The lowest BCUT2D eigenvalue weighted by Crippen LogP contribution is -2.18. The maximum Gasteiger partial charge on any atom is 0.169 e. The van der Waals surface area contributed by atoms with Gasteiger partial charge in [0.05, 0.1) is 12.7 Å². The molecule has 0 spiro atoms. The van der Waals surface area contributed by atoms with Crippen molar-refractivity contribution in [3.8, 4) is 5.75 Å². The van der Waals surface area contributed by atoms with Crippen molar-refractivity contribution in [1.82, 2.24) is 0 Å². The van der Waals surface area contributed by atoms with E-state index in [0.29, 0.717) is 5.75 Å². The Morgan fingerprint density at radius 2 is 1.94 bits per heavy atom. The molecule has 0 atom stereocenters. The van der Waals surface area contributed by atoms with Crippen LogP contribution in [0.4, 0.5) is 0 Å². The van der Waals surface area contributed by atoms with Crippen molar-refractivity contribution in [3.05, 3.63) is 29.3 Å². The molecular formula is C15H20O2. The lowest BCUT2D eigenvalue weighted by atomic mass is 9.83. The largest absolute Gasteiger partial charge is 0.496 e. The first kappa shape index (κ1) is 12.2. The van der Waals surface area contributed by atoms with Gasteiger partial charge in [-0.1, -0.05) is 30.9 Å². The highest BCUT2D eigenvalue weighted by atomic mass is 16.5. The number of carbonyl (C=O) groups excluding carboxylic acids is 1. The minimum Gasteiger partial charge on any atom is -0.496 e. The Hall–Kier alpha value is -1.31. The molecule has 1 aromatic carbocycles. The van der Waals surface area contributed by atoms with Crippen molar-refractivity contribution < 1.29 is 9.53 Å². The monoisotopic (exact) mass is 232 g/mol. The van der Waals surface area contributed by atoms with Gasteiger partial charge < -0.3 is 4.74 Å². The first-order valence-corrected chi connectivity index (χ1v) is 6.41. The van der Waals surface area contributed by atoms with Gasteiger partial charge in [0, 0.05) is 5.92 Å². The summed E-state index contributed by atoms with van der Waals surface area (Å²) in [5, 5.41) is 0. The average molecular weight is 232 g/mol. The number of aryl methyl sites for hydroxylation is 1. The Bertz CT molecular complexity index is 403. The molecule has 92 valence electrons. The number of ether oxygens (including phenoxy) is 1. The van der Waals surface area contributed by atoms with Crippen molar-refractivity contribution in [3.63, 3.8) is 0 Å². The van der Waals surface area contributed by atoms with Crippen molar-refractivity contribution in [2.75, 3.05) is 7.11 Å². The molecule has 1 saturated carbocycles. The van der Waals surface area contributed by atoms with Gasteiger partial charge in [0.1, 0.15) is 5.75 Å². The predicted molar refractivity (Wildman–Crippen MR) is 68.6 cm³/mol. The third-order valence-corrected chi connectivity index (χ3v) is 3.60. The normalized spacial score (nSPS) is 16.8. The first-order valence-electron chi connectivity index (χ1n) is 6.41. The highest BCUT2D eigenvalue weighted by Crippen LogP contribution is 2.30. The van der Waals surface area contributed by atoms with E-state index in [0.717, 1.165) is 24.0 Å². The topological polar surface area (TPSA) is 26.3 Å². The predicted octanol–water partition coefficient (Wildman–Crippen LogP) is 3.77. The highest BCUT2D eigenvalue weighted by molar-refractivity contribution is 6.00.